The van der Waals surface area contributed by atoms with Crippen LogP contribution in [0.5, 0.6) is 0 Å². The highest BCUT2D eigenvalue weighted by Crippen LogP contribution is 2.36. The first kappa shape index (κ1) is 10.8. The Hall–Kier alpha value is -1.35. The second-order valence-electron chi connectivity index (χ2n) is 4.68. The highest BCUT2D eigenvalue weighted by atomic mass is 35.5. The van der Waals surface area contributed by atoms with Gasteiger partial charge < -0.3 is 4.90 Å². The van der Waals surface area contributed by atoms with Gasteiger partial charge in [0, 0.05) is 11.6 Å². The van der Waals surface area contributed by atoms with Gasteiger partial charge in [0.15, 0.2) is 0 Å². The van der Waals surface area contributed by atoms with Crippen molar-refractivity contribution in [3.63, 3.8) is 0 Å². The van der Waals surface area contributed by atoms with Gasteiger partial charge in [-0.1, -0.05) is 24.4 Å². The molecule has 1 saturated carbocycles. The van der Waals surface area contributed by atoms with Gasteiger partial charge >= 0.3 is 0 Å². The molecule has 0 aromatic heterocycles. The molecule has 1 aromatic carbocycles. The highest BCUT2D eigenvalue weighted by Gasteiger charge is 2.36. The van der Waals surface area contributed by atoms with E-state index < -0.39 is 11.7 Å². The lowest BCUT2D eigenvalue weighted by Crippen LogP contribution is -2.30. The Morgan fingerprint density at radius 1 is 1.29 bits per heavy atom. The van der Waals surface area contributed by atoms with E-state index in [1.54, 1.807) is 23.1 Å². The summed E-state index contributed by atoms with van der Waals surface area (Å²) < 4.78 is 0. The first-order valence-electron chi connectivity index (χ1n) is 5.82. The van der Waals surface area contributed by atoms with Crippen molar-refractivity contribution in [2.75, 3.05) is 11.4 Å². The molecule has 1 aliphatic heterocycles. The third kappa shape index (κ3) is 1.84. The van der Waals surface area contributed by atoms with Crippen LogP contribution in [0.15, 0.2) is 18.2 Å². The van der Waals surface area contributed by atoms with E-state index >= 15 is 0 Å². The normalized spacial score (nSPS) is 18.8. The van der Waals surface area contributed by atoms with Gasteiger partial charge in [0.2, 0.25) is 0 Å². The van der Waals surface area contributed by atoms with Gasteiger partial charge in [0.05, 0.1) is 11.3 Å². The molecular formula is C13H12ClNO2. The molecule has 1 heterocycles. The summed E-state index contributed by atoms with van der Waals surface area (Å²) in [6, 6.07) is 4.98. The molecule has 0 saturated heterocycles. The highest BCUT2D eigenvalue weighted by molar-refractivity contribution is 6.52. The van der Waals surface area contributed by atoms with Crippen LogP contribution in [0.2, 0.25) is 5.02 Å². The Morgan fingerprint density at radius 2 is 2.06 bits per heavy atom. The van der Waals surface area contributed by atoms with Crippen LogP contribution in [0.25, 0.3) is 0 Å². The fourth-order valence-corrected chi connectivity index (χ4v) is 2.37. The van der Waals surface area contributed by atoms with E-state index in [2.05, 4.69) is 0 Å². The van der Waals surface area contributed by atoms with Gasteiger partial charge in [0.1, 0.15) is 0 Å². The Kier molecular flexibility index (Phi) is 2.44. The number of anilines is 1. The minimum atomic E-state index is -0.414. The van der Waals surface area contributed by atoms with Crippen LogP contribution >= 0.6 is 11.6 Å². The number of hydrogen-bond donors (Lipinski definition) is 0. The molecule has 1 aromatic rings. The van der Waals surface area contributed by atoms with E-state index in [0.717, 1.165) is 12.3 Å². The third-order valence-electron chi connectivity index (χ3n) is 3.39. The number of rotatable bonds is 3. The number of ketones is 1. The zero-order valence-electron chi connectivity index (χ0n) is 9.28. The summed E-state index contributed by atoms with van der Waals surface area (Å²) in [5.74, 6) is -0.0866. The maximum Gasteiger partial charge on any atom is 0.299 e. The first-order valence-corrected chi connectivity index (χ1v) is 6.20. The van der Waals surface area contributed by atoms with Gasteiger partial charge in [-0.2, -0.15) is 0 Å². The number of carbonyl (C=O) groups excluding carboxylic acids is 2. The van der Waals surface area contributed by atoms with E-state index in [0.29, 0.717) is 22.8 Å². The summed E-state index contributed by atoms with van der Waals surface area (Å²) in [4.78, 5) is 25.2. The molecule has 1 fully saturated rings. The summed E-state index contributed by atoms with van der Waals surface area (Å²) in [7, 11) is 0. The molecule has 4 heteroatoms. The Bertz CT molecular complexity index is 508. The molecule has 17 heavy (non-hydrogen) atoms. The molecule has 0 atom stereocenters. The van der Waals surface area contributed by atoms with Crippen LogP contribution in [0.4, 0.5) is 5.69 Å². The Balaban J connectivity index is 1.90. The molecule has 0 spiro atoms. The van der Waals surface area contributed by atoms with E-state index in [9.17, 15) is 9.59 Å². The van der Waals surface area contributed by atoms with Crippen molar-refractivity contribution in [3.05, 3.63) is 28.8 Å². The minimum absolute atomic E-state index is 0.410. The number of Topliss-reactive ketones (excluding diaryl/α,β-unsaturated/α-hetero) is 1. The predicted molar refractivity (Wildman–Crippen MR) is 65.5 cm³/mol. The predicted octanol–water partition coefficient (Wildman–Crippen LogP) is 2.67. The molecule has 1 aliphatic carbocycles. The molecule has 1 amide bonds. The van der Waals surface area contributed by atoms with Crippen molar-refractivity contribution in [3.8, 4) is 0 Å². The summed E-state index contributed by atoms with van der Waals surface area (Å²) in [5, 5.41) is 0.558. The van der Waals surface area contributed by atoms with Crippen LogP contribution < -0.4 is 4.90 Å². The number of hydrogen-bond acceptors (Lipinski definition) is 2. The summed E-state index contributed by atoms with van der Waals surface area (Å²) in [6.07, 6.45) is 3.47. The SMILES string of the molecule is O=C1C(=O)N(CCC2CC2)c2cc(Cl)ccc21. The molecule has 0 N–H and O–H groups in total. The number of fused-ring (bicyclic) bond motifs is 1. The summed E-state index contributed by atoms with van der Waals surface area (Å²) >= 11 is 5.91. The lowest BCUT2D eigenvalue weighted by molar-refractivity contribution is -0.114. The topological polar surface area (TPSA) is 37.4 Å². The van der Waals surface area contributed by atoms with Crippen molar-refractivity contribution in [2.45, 2.75) is 19.3 Å². The van der Waals surface area contributed by atoms with Crippen molar-refractivity contribution in [1.82, 2.24) is 0 Å². The largest absolute Gasteiger partial charge is 0.305 e. The maximum absolute atomic E-state index is 11.8. The average molecular weight is 250 g/mol. The van der Waals surface area contributed by atoms with E-state index in [1.165, 1.54) is 12.8 Å². The first-order chi connectivity index (χ1) is 8.16. The number of carbonyl (C=O) groups is 2. The lowest BCUT2D eigenvalue weighted by atomic mass is 10.1. The van der Waals surface area contributed by atoms with Crippen LogP contribution in [0.3, 0.4) is 0 Å². The monoisotopic (exact) mass is 249 g/mol. The molecule has 0 radical (unpaired) electrons. The zero-order valence-corrected chi connectivity index (χ0v) is 10.0. The van der Waals surface area contributed by atoms with Crippen LogP contribution in [-0.4, -0.2) is 18.2 Å². The van der Waals surface area contributed by atoms with Gasteiger partial charge in [-0.15, -0.1) is 0 Å². The second-order valence-corrected chi connectivity index (χ2v) is 5.12. The van der Waals surface area contributed by atoms with Crippen LogP contribution in [0, 0.1) is 5.92 Å². The van der Waals surface area contributed by atoms with Gasteiger partial charge in [-0.05, 0) is 30.5 Å². The van der Waals surface area contributed by atoms with Gasteiger partial charge in [-0.25, -0.2) is 0 Å². The smallest absolute Gasteiger partial charge is 0.299 e. The molecule has 0 unspecified atom stereocenters. The van der Waals surface area contributed by atoms with Crippen molar-refractivity contribution < 1.29 is 9.59 Å². The summed E-state index contributed by atoms with van der Waals surface area (Å²) in [5.41, 5.74) is 1.16. The van der Waals surface area contributed by atoms with Crippen molar-refractivity contribution in [2.24, 2.45) is 5.92 Å². The second kappa shape index (κ2) is 3.84. The van der Waals surface area contributed by atoms with Crippen LogP contribution in [-0.2, 0) is 4.79 Å². The lowest BCUT2D eigenvalue weighted by Gasteiger charge is -2.16. The molecule has 2 aliphatic rings. The quantitative estimate of drug-likeness (QED) is 0.773. The van der Waals surface area contributed by atoms with Gasteiger partial charge in [0.25, 0.3) is 11.7 Å². The van der Waals surface area contributed by atoms with Gasteiger partial charge in [-0.3, -0.25) is 9.59 Å². The summed E-state index contributed by atoms with van der Waals surface area (Å²) in [6.45, 7) is 0.628. The van der Waals surface area contributed by atoms with E-state index in [4.69, 9.17) is 11.6 Å². The number of amides is 1. The molecule has 3 rings (SSSR count). The van der Waals surface area contributed by atoms with E-state index in [-0.39, 0.29) is 0 Å². The maximum atomic E-state index is 11.8. The number of halogens is 1. The number of nitrogens with zero attached hydrogens (tertiary/aromatic N) is 1. The molecule has 0 bridgehead atoms. The fraction of sp³-hybridized carbons (Fsp3) is 0.385. The Morgan fingerprint density at radius 3 is 2.76 bits per heavy atom. The van der Waals surface area contributed by atoms with Crippen molar-refractivity contribution >= 4 is 29.0 Å². The molecular weight excluding hydrogens is 238 g/mol. The fourth-order valence-electron chi connectivity index (χ4n) is 2.21. The van der Waals surface area contributed by atoms with Crippen molar-refractivity contribution in [1.29, 1.82) is 0 Å². The average Bonchev–Trinajstić information content (AvgIpc) is 3.09. The molecule has 88 valence electrons. The standard InChI is InChI=1S/C13H12ClNO2/c14-9-3-4-10-11(7-9)15(13(17)12(10)16)6-5-8-1-2-8/h3-4,7-8H,1-2,5-6H2. The molecule has 3 nitrogen and oxygen atoms in total. The third-order valence-corrected chi connectivity index (χ3v) is 3.63. The number of benzene rings is 1. The zero-order chi connectivity index (χ0) is 12.0. The minimum Gasteiger partial charge on any atom is -0.305 e. The van der Waals surface area contributed by atoms with Crippen LogP contribution in [0.1, 0.15) is 29.6 Å². The van der Waals surface area contributed by atoms with E-state index in [1.807, 2.05) is 0 Å². The Labute approximate surface area is 104 Å².